The lowest BCUT2D eigenvalue weighted by Gasteiger charge is -2.15. The molecule has 2 aromatic rings. The van der Waals surface area contributed by atoms with Crippen molar-refractivity contribution in [1.82, 2.24) is 0 Å². The standard InChI is InChI=1S/C9H13BO5.C9H13BO2/c1-13-7-5-4-6(10(11)12)8(14-2)9(7)15-3;1-7(2)8-4-3-5-9(6-8)10(11)12/h4-5,11-12H,1-3H3;3-7,11-12H,1-2H3. The molecular formula is C18H26B2O7. The van der Waals surface area contributed by atoms with E-state index in [9.17, 15) is 0 Å². The summed E-state index contributed by atoms with van der Waals surface area (Å²) in [5.74, 6) is 1.49. The number of rotatable bonds is 6. The second kappa shape index (κ2) is 10.8. The fourth-order valence-corrected chi connectivity index (χ4v) is 2.41. The summed E-state index contributed by atoms with van der Waals surface area (Å²) in [5.41, 5.74) is 1.91. The van der Waals surface area contributed by atoms with Gasteiger partial charge in [-0.25, -0.2) is 0 Å². The first kappa shape index (κ1) is 22.9. The van der Waals surface area contributed by atoms with Gasteiger partial charge in [0.15, 0.2) is 11.5 Å². The molecule has 0 atom stereocenters. The molecule has 4 N–H and O–H groups in total. The SMILES string of the molecule is CC(C)c1cccc(B(O)O)c1.COc1ccc(B(O)O)c(OC)c1OC. The summed E-state index contributed by atoms with van der Waals surface area (Å²) >= 11 is 0. The monoisotopic (exact) mass is 376 g/mol. The predicted octanol–water partition coefficient (Wildman–Crippen LogP) is -0.118. The van der Waals surface area contributed by atoms with Crippen molar-refractivity contribution in [1.29, 1.82) is 0 Å². The Morgan fingerprint density at radius 1 is 0.778 bits per heavy atom. The van der Waals surface area contributed by atoms with Crippen molar-refractivity contribution in [3.63, 3.8) is 0 Å². The zero-order chi connectivity index (χ0) is 20.6. The lowest BCUT2D eigenvalue weighted by atomic mass is 9.79. The summed E-state index contributed by atoms with van der Waals surface area (Å²) in [7, 11) is 1.40. The molecule has 0 heterocycles. The maximum absolute atomic E-state index is 9.10. The van der Waals surface area contributed by atoms with E-state index in [0.717, 1.165) is 5.56 Å². The van der Waals surface area contributed by atoms with Crippen LogP contribution in [-0.2, 0) is 0 Å². The first-order valence-electron chi connectivity index (χ1n) is 8.37. The normalized spacial score (nSPS) is 10.0. The average molecular weight is 376 g/mol. The van der Waals surface area contributed by atoms with E-state index in [0.29, 0.717) is 22.9 Å². The molecule has 0 spiro atoms. The Bertz CT molecular complexity index is 698. The highest BCUT2D eigenvalue weighted by Crippen LogP contribution is 2.35. The Hall–Kier alpha value is -2.19. The van der Waals surface area contributed by atoms with E-state index >= 15 is 0 Å². The van der Waals surface area contributed by atoms with Gasteiger partial charge in [-0.1, -0.05) is 44.2 Å². The van der Waals surface area contributed by atoms with Gasteiger partial charge in [-0.05, 0) is 23.0 Å². The van der Waals surface area contributed by atoms with Crippen LogP contribution in [0.2, 0.25) is 0 Å². The number of ether oxygens (including phenoxy) is 3. The average Bonchev–Trinajstić information content (AvgIpc) is 2.66. The summed E-state index contributed by atoms with van der Waals surface area (Å²) < 4.78 is 15.2. The third-order valence-corrected chi connectivity index (χ3v) is 3.89. The number of methoxy groups -OCH3 is 3. The molecule has 2 rings (SSSR count). The first-order chi connectivity index (χ1) is 12.8. The molecule has 0 amide bonds. The van der Waals surface area contributed by atoms with E-state index in [1.165, 1.54) is 27.4 Å². The lowest BCUT2D eigenvalue weighted by molar-refractivity contribution is 0.324. The molecule has 0 aliphatic heterocycles. The van der Waals surface area contributed by atoms with Gasteiger partial charge in [-0.15, -0.1) is 0 Å². The molecule has 0 bridgehead atoms. The van der Waals surface area contributed by atoms with Gasteiger partial charge in [0, 0.05) is 5.46 Å². The van der Waals surface area contributed by atoms with Crippen molar-refractivity contribution < 1.29 is 34.3 Å². The summed E-state index contributed by atoms with van der Waals surface area (Å²) in [4.78, 5) is 0. The molecule has 0 unspecified atom stereocenters. The van der Waals surface area contributed by atoms with E-state index in [4.69, 9.17) is 34.3 Å². The summed E-state index contributed by atoms with van der Waals surface area (Å²) in [6.07, 6.45) is 0. The Labute approximate surface area is 160 Å². The zero-order valence-electron chi connectivity index (χ0n) is 16.2. The summed E-state index contributed by atoms with van der Waals surface area (Å²) in [6, 6.07) is 10.4. The molecule has 0 fully saturated rings. The van der Waals surface area contributed by atoms with Gasteiger partial charge >= 0.3 is 14.2 Å². The predicted molar refractivity (Wildman–Crippen MR) is 106 cm³/mol. The second-order valence-electron chi connectivity index (χ2n) is 6.00. The largest absolute Gasteiger partial charge is 0.493 e. The van der Waals surface area contributed by atoms with Crippen LogP contribution in [0.15, 0.2) is 36.4 Å². The van der Waals surface area contributed by atoms with E-state index in [1.807, 2.05) is 18.2 Å². The van der Waals surface area contributed by atoms with Crippen LogP contribution < -0.4 is 25.1 Å². The molecule has 0 radical (unpaired) electrons. The minimum absolute atomic E-state index is 0.232. The van der Waals surface area contributed by atoms with Gasteiger partial charge in [0.25, 0.3) is 0 Å². The van der Waals surface area contributed by atoms with Crippen molar-refractivity contribution in [2.75, 3.05) is 21.3 Å². The molecule has 27 heavy (non-hydrogen) atoms. The number of hydrogen-bond donors (Lipinski definition) is 4. The molecule has 7 nitrogen and oxygen atoms in total. The minimum Gasteiger partial charge on any atom is -0.493 e. The van der Waals surface area contributed by atoms with Crippen molar-refractivity contribution in [3.8, 4) is 17.2 Å². The van der Waals surface area contributed by atoms with Gasteiger partial charge in [-0.3, -0.25) is 0 Å². The Balaban J connectivity index is 0.000000277. The third-order valence-electron chi connectivity index (χ3n) is 3.89. The highest BCUT2D eigenvalue weighted by atomic mass is 16.5. The lowest BCUT2D eigenvalue weighted by Crippen LogP contribution is -2.31. The molecule has 0 aliphatic carbocycles. The highest BCUT2D eigenvalue weighted by Gasteiger charge is 2.23. The van der Waals surface area contributed by atoms with Crippen LogP contribution in [0.1, 0.15) is 25.3 Å². The summed E-state index contributed by atoms with van der Waals surface area (Å²) in [5, 5.41) is 36.0. The van der Waals surface area contributed by atoms with E-state index in [-0.39, 0.29) is 11.2 Å². The topological polar surface area (TPSA) is 109 Å². The van der Waals surface area contributed by atoms with Crippen LogP contribution in [0.4, 0.5) is 0 Å². The maximum Gasteiger partial charge on any atom is 0.492 e. The fourth-order valence-electron chi connectivity index (χ4n) is 2.41. The highest BCUT2D eigenvalue weighted by molar-refractivity contribution is 6.60. The van der Waals surface area contributed by atoms with Crippen molar-refractivity contribution >= 4 is 25.2 Å². The number of hydrogen-bond acceptors (Lipinski definition) is 7. The fraction of sp³-hybridized carbons (Fsp3) is 0.333. The van der Waals surface area contributed by atoms with E-state index in [1.54, 1.807) is 12.1 Å². The number of benzene rings is 2. The first-order valence-corrected chi connectivity index (χ1v) is 8.37. The van der Waals surface area contributed by atoms with Gasteiger partial charge < -0.3 is 34.3 Å². The molecule has 146 valence electrons. The molecule has 9 heteroatoms. The Kier molecular flexibility index (Phi) is 9.17. The van der Waals surface area contributed by atoms with Crippen molar-refractivity contribution in [2.24, 2.45) is 0 Å². The van der Waals surface area contributed by atoms with Crippen LogP contribution in [0.5, 0.6) is 17.2 Å². The molecule has 0 saturated heterocycles. The summed E-state index contributed by atoms with van der Waals surface area (Å²) in [6.45, 7) is 4.14. The van der Waals surface area contributed by atoms with Crippen molar-refractivity contribution in [3.05, 3.63) is 42.0 Å². The molecule has 2 aromatic carbocycles. The second-order valence-corrected chi connectivity index (χ2v) is 6.00. The minimum atomic E-state index is -1.61. The van der Waals surface area contributed by atoms with Crippen LogP contribution in [0.25, 0.3) is 0 Å². The van der Waals surface area contributed by atoms with Gasteiger partial charge in [-0.2, -0.15) is 0 Å². The van der Waals surface area contributed by atoms with Gasteiger partial charge in [0.2, 0.25) is 5.75 Å². The third kappa shape index (κ3) is 6.18. The zero-order valence-corrected chi connectivity index (χ0v) is 16.2. The van der Waals surface area contributed by atoms with Crippen LogP contribution in [-0.4, -0.2) is 55.7 Å². The van der Waals surface area contributed by atoms with Crippen LogP contribution in [0, 0.1) is 0 Å². The van der Waals surface area contributed by atoms with Gasteiger partial charge in [0.05, 0.1) is 21.3 Å². The maximum atomic E-state index is 9.10. The Morgan fingerprint density at radius 2 is 1.41 bits per heavy atom. The molecule has 0 aromatic heterocycles. The molecule has 0 saturated carbocycles. The van der Waals surface area contributed by atoms with E-state index < -0.39 is 14.2 Å². The molecular weight excluding hydrogens is 350 g/mol. The van der Waals surface area contributed by atoms with Crippen molar-refractivity contribution in [2.45, 2.75) is 19.8 Å². The van der Waals surface area contributed by atoms with Crippen LogP contribution in [0.3, 0.4) is 0 Å². The molecule has 0 aliphatic rings. The smallest absolute Gasteiger partial charge is 0.492 e. The van der Waals surface area contributed by atoms with E-state index in [2.05, 4.69) is 13.8 Å². The quantitative estimate of drug-likeness (QED) is 0.521. The van der Waals surface area contributed by atoms with Crippen LogP contribution >= 0.6 is 0 Å². The Morgan fingerprint density at radius 3 is 1.85 bits per heavy atom. The van der Waals surface area contributed by atoms with Gasteiger partial charge in [0.1, 0.15) is 0 Å².